The van der Waals surface area contributed by atoms with E-state index in [0.717, 1.165) is 0 Å². The zero-order valence-electron chi connectivity index (χ0n) is 12.0. The normalized spacial score (nSPS) is 18.5. The van der Waals surface area contributed by atoms with E-state index < -0.39 is 11.9 Å². The van der Waals surface area contributed by atoms with E-state index in [2.05, 4.69) is 10.4 Å². The summed E-state index contributed by atoms with van der Waals surface area (Å²) in [4.78, 5) is 24.7. The topological polar surface area (TPSA) is 96.7 Å². The summed E-state index contributed by atoms with van der Waals surface area (Å²) in [7, 11) is 1.61. The van der Waals surface area contributed by atoms with Gasteiger partial charge in [0.1, 0.15) is 0 Å². The molecule has 2 N–H and O–H groups in total. The third kappa shape index (κ3) is 4.19. The van der Waals surface area contributed by atoms with Gasteiger partial charge in [0, 0.05) is 26.4 Å². The molecule has 0 aromatic carbocycles. The van der Waals surface area contributed by atoms with Crippen molar-refractivity contribution in [3.63, 3.8) is 0 Å². The predicted molar refractivity (Wildman–Crippen MR) is 75.1 cm³/mol. The molecule has 1 aromatic heterocycles. The molecule has 116 valence electrons. The smallest absolute Gasteiger partial charge is 0.321 e. The molecule has 1 aliphatic rings. The van der Waals surface area contributed by atoms with Crippen molar-refractivity contribution in [2.24, 2.45) is 5.92 Å². The van der Waals surface area contributed by atoms with Crippen molar-refractivity contribution in [2.75, 3.05) is 32.1 Å². The van der Waals surface area contributed by atoms with Crippen LogP contribution in [-0.2, 0) is 16.1 Å². The maximum Gasteiger partial charge on any atom is 0.321 e. The first-order valence-corrected chi connectivity index (χ1v) is 6.90. The number of carboxylic acids is 1. The molecule has 8 nitrogen and oxygen atoms in total. The lowest BCUT2D eigenvalue weighted by Gasteiger charge is -2.30. The Labute approximate surface area is 122 Å². The van der Waals surface area contributed by atoms with Gasteiger partial charge in [-0.2, -0.15) is 5.10 Å². The number of carboxylic acid groups (broad SMARTS) is 1. The summed E-state index contributed by atoms with van der Waals surface area (Å²) in [6.45, 7) is 1.98. The van der Waals surface area contributed by atoms with Crippen molar-refractivity contribution in [3.05, 3.63) is 12.4 Å². The fraction of sp³-hybridized carbons (Fsp3) is 0.615. The van der Waals surface area contributed by atoms with E-state index in [0.29, 0.717) is 38.2 Å². The van der Waals surface area contributed by atoms with Crippen molar-refractivity contribution in [1.29, 1.82) is 0 Å². The lowest BCUT2D eigenvalue weighted by atomic mass is 9.99. The molecule has 8 heteroatoms. The van der Waals surface area contributed by atoms with Gasteiger partial charge in [-0.05, 0) is 12.8 Å². The second kappa shape index (κ2) is 7.07. The maximum absolute atomic E-state index is 12.1. The van der Waals surface area contributed by atoms with E-state index >= 15 is 0 Å². The number of urea groups is 1. The van der Waals surface area contributed by atoms with Crippen LogP contribution in [0.2, 0.25) is 0 Å². The van der Waals surface area contributed by atoms with Crippen molar-refractivity contribution in [3.8, 4) is 0 Å². The molecular weight excluding hydrogens is 276 g/mol. The molecular formula is C13H20N4O4. The number of anilines is 1. The summed E-state index contributed by atoms with van der Waals surface area (Å²) >= 11 is 0. The third-order valence-corrected chi connectivity index (χ3v) is 3.47. The van der Waals surface area contributed by atoms with Gasteiger partial charge in [0.05, 0.1) is 31.0 Å². The molecule has 0 radical (unpaired) electrons. The Bertz CT molecular complexity index is 502. The Hall–Kier alpha value is -2.09. The van der Waals surface area contributed by atoms with Gasteiger partial charge < -0.3 is 20.1 Å². The Kier molecular flexibility index (Phi) is 5.15. The van der Waals surface area contributed by atoms with Gasteiger partial charge in [-0.25, -0.2) is 4.79 Å². The number of rotatable bonds is 5. The van der Waals surface area contributed by atoms with Gasteiger partial charge in [0.15, 0.2) is 0 Å². The van der Waals surface area contributed by atoms with E-state index in [9.17, 15) is 9.59 Å². The SMILES string of the molecule is COCCn1cc(NC(=O)N2CCCC(C(=O)O)C2)cn1. The van der Waals surface area contributed by atoms with E-state index in [1.54, 1.807) is 24.2 Å². The van der Waals surface area contributed by atoms with E-state index in [-0.39, 0.29) is 12.6 Å². The largest absolute Gasteiger partial charge is 0.481 e. The summed E-state index contributed by atoms with van der Waals surface area (Å²) in [5.74, 6) is -1.33. The molecule has 1 saturated heterocycles. The zero-order valence-corrected chi connectivity index (χ0v) is 12.0. The molecule has 0 aliphatic carbocycles. The Morgan fingerprint density at radius 2 is 2.38 bits per heavy atom. The van der Waals surface area contributed by atoms with Gasteiger partial charge in [-0.1, -0.05) is 0 Å². The van der Waals surface area contributed by atoms with Crippen molar-refractivity contribution >= 4 is 17.7 Å². The Morgan fingerprint density at radius 1 is 1.57 bits per heavy atom. The highest BCUT2D eigenvalue weighted by molar-refractivity contribution is 5.89. The summed E-state index contributed by atoms with van der Waals surface area (Å²) in [6.07, 6.45) is 4.60. The van der Waals surface area contributed by atoms with Gasteiger partial charge in [0.25, 0.3) is 0 Å². The van der Waals surface area contributed by atoms with Crippen LogP contribution in [0, 0.1) is 5.92 Å². The summed E-state index contributed by atoms with van der Waals surface area (Å²) in [5.41, 5.74) is 0.591. The summed E-state index contributed by atoms with van der Waals surface area (Å²) in [6, 6.07) is -0.285. The van der Waals surface area contributed by atoms with Crippen LogP contribution in [0.5, 0.6) is 0 Å². The minimum Gasteiger partial charge on any atom is -0.481 e. The molecule has 2 rings (SSSR count). The van der Waals surface area contributed by atoms with Crippen LogP contribution in [0.15, 0.2) is 12.4 Å². The van der Waals surface area contributed by atoms with E-state index in [1.807, 2.05) is 0 Å². The number of carbonyl (C=O) groups is 2. The number of likely N-dealkylation sites (tertiary alicyclic amines) is 1. The Balaban J connectivity index is 1.88. The van der Waals surface area contributed by atoms with Gasteiger partial charge in [-0.3, -0.25) is 9.48 Å². The molecule has 21 heavy (non-hydrogen) atoms. The van der Waals surface area contributed by atoms with Crippen LogP contribution in [0.3, 0.4) is 0 Å². The number of hydrogen-bond donors (Lipinski definition) is 2. The number of piperidine rings is 1. The fourth-order valence-corrected chi connectivity index (χ4v) is 2.30. The van der Waals surface area contributed by atoms with Crippen molar-refractivity contribution in [1.82, 2.24) is 14.7 Å². The van der Waals surface area contributed by atoms with E-state index in [1.165, 1.54) is 4.90 Å². The van der Waals surface area contributed by atoms with Crippen LogP contribution >= 0.6 is 0 Å². The molecule has 2 heterocycles. The first kappa shape index (κ1) is 15.3. The molecule has 1 fully saturated rings. The molecule has 0 spiro atoms. The number of aliphatic carboxylic acids is 1. The van der Waals surface area contributed by atoms with Crippen LogP contribution in [0.25, 0.3) is 0 Å². The van der Waals surface area contributed by atoms with Crippen LogP contribution in [0.1, 0.15) is 12.8 Å². The highest BCUT2D eigenvalue weighted by Crippen LogP contribution is 2.17. The number of methoxy groups -OCH3 is 1. The summed E-state index contributed by atoms with van der Waals surface area (Å²) in [5, 5.41) is 15.9. The number of ether oxygens (including phenoxy) is 1. The standard InChI is InChI=1S/C13H20N4O4/c1-21-6-5-17-9-11(7-14-17)15-13(20)16-4-2-3-10(8-16)12(18)19/h7,9-10H,2-6,8H2,1H3,(H,15,20)(H,18,19). The quantitative estimate of drug-likeness (QED) is 0.840. The second-order valence-electron chi connectivity index (χ2n) is 5.04. The Morgan fingerprint density at radius 3 is 3.10 bits per heavy atom. The van der Waals surface area contributed by atoms with Gasteiger partial charge >= 0.3 is 12.0 Å². The van der Waals surface area contributed by atoms with Crippen molar-refractivity contribution < 1.29 is 19.4 Å². The molecule has 2 amide bonds. The predicted octanol–water partition coefficient (Wildman–Crippen LogP) is 0.858. The number of hydrogen-bond acceptors (Lipinski definition) is 4. The zero-order chi connectivity index (χ0) is 15.2. The van der Waals surface area contributed by atoms with E-state index in [4.69, 9.17) is 9.84 Å². The number of carbonyl (C=O) groups excluding carboxylic acids is 1. The second-order valence-corrected chi connectivity index (χ2v) is 5.04. The molecule has 0 saturated carbocycles. The minimum atomic E-state index is -0.847. The minimum absolute atomic E-state index is 0.249. The first-order chi connectivity index (χ1) is 10.1. The van der Waals surface area contributed by atoms with Crippen LogP contribution in [0.4, 0.5) is 10.5 Å². The maximum atomic E-state index is 12.1. The average Bonchev–Trinajstić information content (AvgIpc) is 2.92. The number of nitrogens with one attached hydrogen (secondary N) is 1. The molecule has 1 atom stereocenters. The molecule has 1 aliphatic heterocycles. The lowest BCUT2D eigenvalue weighted by molar-refractivity contribution is -0.143. The third-order valence-electron chi connectivity index (χ3n) is 3.47. The monoisotopic (exact) mass is 296 g/mol. The van der Waals surface area contributed by atoms with Crippen LogP contribution < -0.4 is 5.32 Å². The summed E-state index contributed by atoms with van der Waals surface area (Å²) < 4.78 is 6.63. The average molecular weight is 296 g/mol. The number of amides is 2. The lowest BCUT2D eigenvalue weighted by Crippen LogP contribution is -2.44. The molecule has 1 unspecified atom stereocenters. The highest BCUT2D eigenvalue weighted by Gasteiger charge is 2.28. The fourth-order valence-electron chi connectivity index (χ4n) is 2.30. The highest BCUT2D eigenvalue weighted by atomic mass is 16.5. The van der Waals surface area contributed by atoms with Gasteiger partial charge in [0.2, 0.25) is 0 Å². The van der Waals surface area contributed by atoms with Crippen molar-refractivity contribution in [2.45, 2.75) is 19.4 Å². The van der Waals surface area contributed by atoms with Gasteiger partial charge in [-0.15, -0.1) is 0 Å². The number of aromatic nitrogens is 2. The first-order valence-electron chi connectivity index (χ1n) is 6.90. The molecule has 0 bridgehead atoms. The molecule has 1 aromatic rings. The van der Waals surface area contributed by atoms with Crippen LogP contribution in [-0.4, -0.2) is 58.6 Å². The number of nitrogens with zero attached hydrogens (tertiary/aromatic N) is 3.